The van der Waals surface area contributed by atoms with Crippen LogP contribution in [0.3, 0.4) is 0 Å². The molecule has 0 radical (unpaired) electrons. The van der Waals surface area contributed by atoms with Crippen molar-refractivity contribution in [2.75, 3.05) is 14.7 Å². The van der Waals surface area contributed by atoms with E-state index in [9.17, 15) is 0 Å². The summed E-state index contributed by atoms with van der Waals surface area (Å²) in [7, 11) is 0. The molecule has 3 nitrogen and oxygen atoms in total. The molecule has 358 valence electrons. The highest BCUT2D eigenvalue weighted by Gasteiger charge is 2.50. The Bertz CT molecular complexity index is 3410. The van der Waals surface area contributed by atoms with E-state index in [0.717, 1.165) is 29.9 Å². The lowest BCUT2D eigenvalue weighted by Crippen LogP contribution is -2.60. The smallest absolute Gasteiger partial charge is 0.264 e. The monoisotopic (exact) mass is 948 g/mol. The third kappa shape index (κ3) is 7.10. The highest BCUT2D eigenvalue weighted by molar-refractivity contribution is 7.33. The third-order valence-corrected chi connectivity index (χ3v) is 18.1. The Morgan fingerprint density at radius 1 is 0.465 bits per heavy atom. The average Bonchev–Trinajstić information content (AvgIpc) is 3.84. The van der Waals surface area contributed by atoms with Gasteiger partial charge in [0.25, 0.3) is 6.71 Å². The molecule has 0 saturated heterocycles. The van der Waals surface area contributed by atoms with Gasteiger partial charge in [0, 0.05) is 54.7 Å². The number of rotatable bonds is 5. The van der Waals surface area contributed by atoms with E-state index in [4.69, 9.17) is 0 Å². The molecule has 0 unspecified atom stereocenters. The summed E-state index contributed by atoms with van der Waals surface area (Å²) in [5.74, 6) is 0. The number of benzene rings is 7. The minimum absolute atomic E-state index is 0.00685. The molecule has 0 bridgehead atoms. The van der Waals surface area contributed by atoms with Gasteiger partial charge in [-0.25, -0.2) is 0 Å². The van der Waals surface area contributed by atoms with Crippen LogP contribution in [0.2, 0.25) is 0 Å². The molecule has 0 fully saturated rings. The first-order valence-electron chi connectivity index (χ1n) is 26.1. The lowest BCUT2D eigenvalue weighted by atomic mass is 9.36. The van der Waals surface area contributed by atoms with Crippen molar-refractivity contribution in [3.05, 3.63) is 179 Å². The quantitative estimate of drug-likeness (QED) is 0.159. The summed E-state index contributed by atoms with van der Waals surface area (Å²) in [5, 5.41) is 1.33. The molecule has 0 spiro atoms. The summed E-state index contributed by atoms with van der Waals surface area (Å²) in [6.07, 6.45) is 2.23. The number of hydrogen-bond donors (Lipinski definition) is 0. The molecule has 2 aliphatic carbocycles. The fraction of sp³-hybridized carbons (Fsp3) is 0.333. The topological polar surface area (TPSA) is 9.72 Å². The first-order chi connectivity index (χ1) is 33.4. The minimum Gasteiger partial charge on any atom is -0.311 e. The molecule has 7 aromatic carbocycles. The largest absolute Gasteiger partial charge is 0.311 e. The van der Waals surface area contributed by atoms with Crippen LogP contribution >= 0.6 is 11.3 Å². The van der Waals surface area contributed by atoms with Crippen LogP contribution in [-0.4, -0.2) is 6.71 Å². The molecule has 0 N–H and O–H groups in total. The van der Waals surface area contributed by atoms with E-state index in [0.29, 0.717) is 0 Å². The van der Waals surface area contributed by atoms with Crippen LogP contribution in [0.4, 0.5) is 51.2 Å². The highest BCUT2D eigenvalue weighted by atomic mass is 32.1. The van der Waals surface area contributed by atoms with Crippen molar-refractivity contribution in [1.29, 1.82) is 0 Å². The van der Waals surface area contributed by atoms with Gasteiger partial charge in [-0.3, -0.25) is 0 Å². The van der Waals surface area contributed by atoms with Gasteiger partial charge in [-0.1, -0.05) is 164 Å². The maximum Gasteiger partial charge on any atom is 0.264 e. The molecule has 2 aliphatic heterocycles. The van der Waals surface area contributed by atoms with Crippen LogP contribution in [0.1, 0.15) is 143 Å². The van der Waals surface area contributed by atoms with Crippen LogP contribution in [-0.2, 0) is 32.5 Å². The summed E-state index contributed by atoms with van der Waals surface area (Å²) in [5.41, 5.74) is 22.4. The molecule has 8 aromatic rings. The summed E-state index contributed by atoms with van der Waals surface area (Å²) >= 11 is 2.01. The summed E-state index contributed by atoms with van der Waals surface area (Å²) in [6.45, 7) is 33.7. The molecule has 3 heterocycles. The molecule has 0 amide bonds. The minimum atomic E-state index is -0.0164. The molecule has 4 aliphatic rings. The number of para-hydroxylation sites is 2. The second-order valence-corrected chi connectivity index (χ2v) is 27.2. The number of fused-ring (bicyclic) bond motifs is 8. The molecule has 1 aromatic heterocycles. The van der Waals surface area contributed by atoms with E-state index >= 15 is 0 Å². The predicted molar refractivity (Wildman–Crippen MR) is 309 cm³/mol. The van der Waals surface area contributed by atoms with Gasteiger partial charge in [0.15, 0.2) is 0 Å². The van der Waals surface area contributed by atoms with E-state index in [1.807, 2.05) is 11.3 Å². The van der Waals surface area contributed by atoms with Crippen LogP contribution in [0.25, 0.3) is 10.1 Å². The molecule has 5 heteroatoms. The van der Waals surface area contributed by atoms with Crippen LogP contribution < -0.4 is 30.4 Å². The SMILES string of the molecule is CC(C)(C)c1ccc(N2c3cc(N(c4ccccc4)c4ccccc4)cc4c3B(c3cc5c(cc3N4c3ccc4c(c3)C(C)(C)CC4(C)C)C(C)(C)CC5(C)C)c3sc4ccc(C(C)(C)C)cc4c32)cc1. The van der Waals surface area contributed by atoms with Gasteiger partial charge in [-0.15, -0.1) is 11.3 Å². The van der Waals surface area contributed by atoms with Crippen molar-refractivity contribution in [3.8, 4) is 0 Å². The molecule has 71 heavy (non-hydrogen) atoms. The third-order valence-electron chi connectivity index (χ3n) is 16.9. The predicted octanol–water partition coefficient (Wildman–Crippen LogP) is 17.0. The molecule has 0 saturated carbocycles. The van der Waals surface area contributed by atoms with Crippen molar-refractivity contribution >= 4 is 95.0 Å². The summed E-state index contributed by atoms with van der Waals surface area (Å²) < 4.78 is 2.75. The molecular formula is C66H70BN3S. The van der Waals surface area contributed by atoms with Gasteiger partial charge in [0.05, 0.1) is 11.4 Å². The van der Waals surface area contributed by atoms with Gasteiger partial charge in [-0.05, 0) is 169 Å². The van der Waals surface area contributed by atoms with E-state index in [1.54, 1.807) is 0 Å². The Kier molecular flexibility index (Phi) is 9.89. The molecule has 0 atom stereocenters. The fourth-order valence-corrected chi connectivity index (χ4v) is 15.2. The number of thiophene rings is 1. The van der Waals surface area contributed by atoms with Gasteiger partial charge in [0.2, 0.25) is 0 Å². The van der Waals surface area contributed by atoms with Gasteiger partial charge < -0.3 is 14.7 Å². The standard InChI is InChI=1S/C66H70BN3S/c1-61(2,3)41-25-28-45(29-26-41)70-56-36-47(68(43-21-17-15-18-22-43)44-23-19-16-20-24-44)35-55-58(56)67(60-59(70)48-33-42(62(4,5)6)27-32-57(48)71-60)53-37-51-52(66(13,14)40-65(51,11)12)38-54(53)69(55)46-30-31-49-50(34-46)64(9,10)39-63(49,7)8/h15-38H,39-40H2,1-14H3. The Hall–Kier alpha value is -6.04. The van der Waals surface area contributed by atoms with Gasteiger partial charge in [-0.2, -0.15) is 0 Å². The van der Waals surface area contributed by atoms with E-state index in [-0.39, 0.29) is 39.2 Å². The number of anilines is 9. The van der Waals surface area contributed by atoms with Crippen LogP contribution in [0.15, 0.2) is 146 Å². The summed E-state index contributed by atoms with van der Waals surface area (Å²) in [6, 6.07) is 56.7. The average molecular weight is 948 g/mol. The van der Waals surface area contributed by atoms with Crippen molar-refractivity contribution < 1.29 is 0 Å². The van der Waals surface area contributed by atoms with Gasteiger partial charge >= 0.3 is 0 Å². The Morgan fingerprint density at radius 3 is 1.55 bits per heavy atom. The number of nitrogens with zero attached hydrogens (tertiary/aromatic N) is 3. The zero-order valence-corrected chi connectivity index (χ0v) is 45.4. The lowest BCUT2D eigenvalue weighted by Gasteiger charge is -2.45. The number of hydrogen-bond acceptors (Lipinski definition) is 4. The fourth-order valence-electron chi connectivity index (χ4n) is 13.9. The second-order valence-electron chi connectivity index (χ2n) is 26.2. The highest BCUT2D eigenvalue weighted by Crippen LogP contribution is 2.56. The van der Waals surface area contributed by atoms with Crippen molar-refractivity contribution in [1.82, 2.24) is 0 Å². The van der Waals surface area contributed by atoms with Gasteiger partial charge in [0.1, 0.15) is 0 Å². The van der Waals surface area contributed by atoms with Crippen LogP contribution in [0, 0.1) is 0 Å². The lowest BCUT2D eigenvalue weighted by molar-refractivity contribution is 0.403. The van der Waals surface area contributed by atoms with E-state index in [1.165, 1.54) is 93.3 Å². The second kappa shape index (κ2) is 15.2. The zero-order chi connectivity index (χ0) is 49.9. The van der Waals surface area contributed by atoms with Crippen molar-refractivity contribution in [2.24, 2.45) is 0 Å². The van der Waals surface area contributed by atoms with Crippen LogP contribution in [0.5, 0.6) is 0 Å². The maximum absolute atomic E-state index is 2.70. The normalized spacial score (nSPS) is 17.7. The van der Waals surface area contributed by atoms with Crippen molar-refractivity contribution in [3.63, 3.8) is 0 Å². The Labute approximate surface area is 428 Å². The zero-order valence-electron chi connectivity index (χ0n) is 44.6. The maximum atomic E-state index is 2.70. The first-order valence-corrected chi connectivity index (χ1v) is 26.9. The first kappa shape index (κ1) is 46.1. The Balaban J connectivity index is 1.25. The Morgan fingerprint density at radius 2 is 0.972 bits per heavy atom. The van der Waals surface area contributed by atoms with Crippen molar-refractivity contribution in [2.45, 2.75) is 142 Å². The molecular weight excluding hydrogens is 878 g/mol. The molecule has 12 rings (SSSR count). The van der Waals surface area contributed by atoms with E-state index in [2.05, 4.69) is 257 Å². The van der Waals surface area contributed by atoms with E-state index < -0.39 is 0 Å². The summed E-state index contributed by atoms with van der Waals surface area (Å²) in [4.78, 5) is 7.84.